The molecular weight excluding hydrogens is 399 g/mol. The summed E-state index contributed by atoms with van der Waals surface area (Å²) in [4.78, 5) is 8.24. The van der Waals surface area contributed by atoms with E-state index in [1.807, 2.05) is 0 Å². The quantitative estimate of drug-likeness (QED) is 0.482. The van der Waals surface area contributed by atoms with Crippen LogP contribution in [0, 0.1) is 0 Å². The van der Waals surface area contributed by atoms with E-state index in [9.17, 15) is 13.2 Å². The number of aliphatic imine (C=N–C) groups is 1. The van der Waals surface area contributed by atoms with Crippen molar-refractivity contribution in [3.8, 4) is 17.1 Å². The SMILES string of the molecule is NC(=NCc1nc(-c2cccc(Cl)c2)no1)Nc1ccc(OC(F)(F)F)cc1. The number of nitrogens with one attached hydrogen (secondary N) is 1. The number of hydrogen-bond donors (Lipinski definition) is 2. The van der Waals surface area contributed by atoms with E-state index in [0.717, 1.165) is 12.1 Å². The number of ether oxygens (including phenoxy) is 1. The Kier molecular flexibility index (Phi) is 5.69. The van der Waals surface area contributed by atoms with Gasteiger partial charge in [0.25, 0.3) is 0 Å². The molecule has 0 aliphatic heterocycles. The number of benzene rings is 2. The fourth-order valence-electron chi connectivity index (χ4n) is 2.14. The lowest BCUT2D eigenvalue weighted by molar-refractivity contribution is -0.274. The third kappa shape index (κ3) is 5.61. The van der Waals surface area contributed by atoms with Crippen molar-refractivity contribution in [3.05, 3.63) is 59.4 Å². The summed E-state index contributed by atoms with van der Waals surface area (Å²) in [6.45, 7) is 0.0155. The van der Waals surface area contributed by atoms with Crippen LogP contribution in [0.4, 0.5) is 18.9 Å². The molecule has 0 aliphatic rings. The van der Waals surface area contributed by atoms with Crippen molar-refractivity contribution in [2.45, 2.75) is 12.9 Å². The normalized spacial score (nSPS) is 12.1. The van der Waals surface area contributed by atoms with Crippen LogP contribution in [0.3, 0.4) is 0 Å². The molecule has 2 aromatic carbocycles. The largest absolute Gasteiger partial charge is 0.573 e. The lowest BCUT2D eigenvalue weighted by Crippen LogP contribution is -2.22. The molecule has 1 aromatic heterocycles. The molecule has 146 valence electrons. The van der Waals surface area contributed by atoms with Gasteiger partial charge in [-0.05, 0) is 36.4 Å². The van der Waals surface area contributed by atoms with Crippen LogP contribution in [-0.2, 0) is 6.54 Å². The first-order chi connectivity index (χ1) is 13.3. The van der Waals surface area contributed by atoms with E-state index < -0.39 is 6.36 Å². The van der Waals surface area contributed by atoms with Gasteiger partial charge in [0.05, 0.1) is 0 Å². The zero-order valence-electron chi connectivity index (χ0n) is 14.1. The molecule has 3 aromatic rings. The first-order valence-corrected chi connectivity index (χ1v) is 8.17. The number of halogens is 4. The second kappa shape index (κ2) is 8.17. The van der Waals surface area contributed by atoms with Crippen molar-refractivity contribution in [2.24, 2.45) is 10.7 Å². The second-order valence-corrected chi connectivity index (χ2v) is 5.86. The van der Waals surface area contributed by atoms with Crippen LogP contribution in [0.25, 0.3) is 11.4 Å². The van der Waals surface area contributed by atoms with E-state index in [0.29, 0.717) is 22.1 Å². The Labute approximate surface area is 162 Å². The molecule has 0 saturated carbocycles. The van der Waals surface area contributed by atoms with Gasteiger partial charge >= 0.3 is 6.36 Å². The van der Waals surface area contributed by atoms with Gasteiger partial charge in [-0.1, -0.05) is 28.9 Å². The number of rotatable bonds is 5. The van der Waals surface area contributed by atoms with E-state index in [-0.39, 0.29) is 24.1 Å². The van der Waals surface area contributed by atoms with Crippen LogP contribution in [0.15, 0.2) is 58.0 Å². The average molecular weight is 412 g/mol. The maximum Gasteiger partial charge on any atom is 0.573 e. The Morgan fingerprint density at radius 1 is 1.21 bits per heavy atom. The summed E-state index contributed by atoms with van der Waals surface area (Å²) in [6, 6.07) is 12.0. The molecule has 0 aliphatic carbocycles. The zero-order valence-corrected chi connectivity index (χ0v) is 14.8. The molecule has 7 nitrogen and oxygen atoms in total. The van der Waals surface area contributed by atoms with Gasteiger partial charge in [-0.15, -0.1) is 13.2 Å². The van der Waals surface area contributed by atoms with Crippen LogP contribution < -0.4 is 15.8 Å². The molecule has 28 heavy (non-hydrogen) atoms. The van der Waals surface area contributed by atoms with Gasteiger partial charge in [0.2, 0.25) is 11.7 Å². The van der Waals surface area contributed by atoms with Crippen LogP contribution in [0.2, 0.25) is 5.02 Å². The molecule has 0 amide bonds. The van der Waals surface area contributed by atoms with Gasteiger partial charge in [-0.3, -0.25) is 0 Å². The summed E-state index contributed by atoms with van der Waals surface area (Å²) in [7, 11) is 0. The van der Waals surface area contributed by atoms with Crippen LogP contribution in [-0.4, -0.2) is 22.5 Å². The predicted octanol–water partition coefficient (Wildman–Crippen LogP) is 4.22. The summed E-state index contributed by atoms with van der Waals surface area (Å²) < 4.78 is 45.3. The fraction of sp³-hybridized carbons (Fsp3) is 0.118. The minimum atomic E-state index is -4.75. The Balaban J connectivity index is 1.59. The topological polar surface area (TPSA) is 98.6 Å². The smallest absolute Gasteiger partial charge is 0.406 e. The minimum absolute atomic E-state index is 0.0155. The third-order valence-corrected chi connectivity index (χ3v) is 3.53. The number of nitrogens with two attached hydrogens (primary N) is 1. The Morgan fingerprint density at radius 3 is 2.64 bits per heavy atom. The third-order valence-electron chi connectivity index (χ3n) is 3.30. The van der Waals surface area contributed by atoms with Crippen molar-refractivity contribution < 1.29 is 22.4 Å². The van der Waals surface area contributed by atoms with Crippen LogP contribution in [0.5, 0.6) is 5.75 Å². The average Bonchev–Trinajstić information content (AvgIpc) is 3.10. The zero-order chi connectivity index (χ0) is 20.1. The molecular formula is C17H13ClF3N5O2. The maximum absolute atomic E-state index is 12.1. The second-order valence-electron chi connectivity index (χ2n) is 5.42. The molecule has 0 saturated heterocycles. The maximum atomic E-state index is 12.1. The van der Waals surface area contributed by atoms with Gasteiger partial charge in [0.15, 0.2) is 5.96 Å². The molecule has 0 radical (unpaired) electrons. The molecule has 0 bridgehead atoms. The number of hydrogen-bond acceptors (Lipinski definition) is 5. The Bertz CT molecular complexity index is 973. The fourth-order valence-corrected chi connectivity index (χ4v) is 2.33. The molecule has 3 rings (SSSR count). The predicted molar refractivity (Wildman–Crippen MR) is 96.8 cm³/mol. The van der Waals surface area contributed by atoms with Crippen molar-refractivity contribution in [1.29, 1.82) is 0 Å². The van der Waals surface area contributed by atoms with Gasteiger partial charge in [-0.2, -0.15) is 4.98 Å². The van der Waals surface area contributed by atoms with E-state index in [1.165, 1.54) is 12.1 Å². The summed E-state index contributed by atoms with van der Waals surface area (Å²) in [5, 5.41) is 7.12. The van der Waals surface area contributed by atoms with Crippen LogP contribution >= 0.6 is 11.6 Å². The van der Waals surface area contributed by atoms with E-state index in [1.54, 1.807) is 24.3 Å². The van der Waals surface area contributed by atoms with Crippen molar-refractivity contribution in [3.63, 3.8) is 0 Å². The van der Waals surface area contributed by atoms with Gasteiger partial charge < -0.3 is 20.3 Å². The number of guanidine groups is 1. The summed E-state index contributed by atoms with van der Waals surface area (Å²) in [5.74, 6) is 0.271. The lowest BCUT2D eigenvalue weighted by atomic mass is 10.2. The summed E-state index contributed by atoms with van der Waals surface area (Å²) in [5.41, 5.74) is 6.88. The molecule has 0 spiro atoms. The van der Waals surface area contributed by atoms with E-state index in [2.05, 4.69) is 25.2 Å². The molecule has 0 fully saturated rings. The number of anilines is 1. The standard InChI is InChI=1S/C17H13ClF3N5O2/c18-11-3-1-2-10(8-11)15-25-14(28-26-15)9-23-16(22)24-12-4-6-13(7-5-12)27-17(19,20)21/h1-8H,9H2,(H3,22,23,24). The Hall–Kier alpha value is -3.27. The van der Waals surface area contributed by atoms with E-state index >= 15 is 0 Å². The molecule has 11 heteroatoms. The highest BCUT2D eigenvalue weighted by atomic mass is 35.5. The highest BCUT2D eigenvalue weighted by Crippen LogP contribution is 2.24. The highest BCUT2D eigenvalue weighted by Gasteiger charge is 2.30. The minimum Gasteiger partial charge on any atom is -0.406 e. The molecule has 3 N–H and O–H groups in total. The van der Waals surface area contributed by atoms with Crippen LogP contribution in [0.1, 0.15) is 5.89 Å². The van der Waals surface area contributed by atoms with Crippen molar-refractivity contribution in [2.75, 3.05) is 5.32 Å². The first-order valence-electron chi connectivity index (χ1n) is 7.80. The van der Waals surface area contributed by atoms with Crippen molar-refractivity contribution in [1.82, 2.24) is 10.1 Å². The molecule has 1 heterocycles. The van der Waals surface area contributed by atoms with Gasteiger partial charge in [-0.25, -0.2) is 4.99 Å². The van der Waals surface area contributed by atoms with Crippen molar-refractivity contribution >= 4 is 23.2 Å². The van der Waals surface area contributed by atoms with Gasteiger partial charge in [0, 0.05) is 16.3 Å². The Morgan fingerprint density at radius 2 is 1.96 bits per heavy atom. The summed E-state index contributed by atoms with van der Waals surface area (Å²) >= 11 is 5.93. The number of aromatic nitrogens is 2. The number of alkyl halides is 3. The lowest BCUT2D eigenvalue weighted by Gasteiger charge is -2.10. The number of nitrogens with zero attached hydrogens (tertiary/aromatic N) is 3. The van der Waals surface area contributed by atoms with Gasteiger partial charge in [0.1, 0.15) is 12.3 Å². The van der Waals surface area contributed by atoms with E-state index in [4.69, 9.17) is 21.9 Å². The monoisotopic (exact) mass is 411 g/mol. The molecule has 0 unspecified atom stereocenters. The molecule has 0 atom stereocenters. The highest BCUT2D eigenvalue weighted by molar-refractivity contribution is 6.30. The first kappa shape index (κ1) is 19.5. The summed E-state index contributed by atoms with van der Waals surface area (Å²) in [6.07, 6.45) is -4.75.